The third-order valence-corrected chi connectivity index (χ3v) is 7.62. The number of nitrogens with zero attached hydrogens (tertiary/aromatic N) is 3. The highest BCUT2D eigenvalue weighted by Gasteiger charge is 2.47. The van der Waals surface area contributed by atoms with Crippen molar-refractivity contribution in [2.24, 2.45) is 0 Å². The molecule has 0 bridgehead atoms. The summed E-state index contributed by atoms with van der Waals surface area (Å²) in [5.41, 5.74) is 2.87. The van der Waals surface area contributed by atoms with Gasteiger partial charge in [-0.05, 0) is 42.5 Å². The van der Waals surface area contributed by atoms with Gasteiger partial charge < -0.3 is 15.1 Å². The molecular weight excluding hydrogens is 488 g/mol. The summed E-state index contributed by atoms with van der Waals surface area (Å²) in [5, 5.41) is 3.56. The molecule has 0 spiro atoms. The number of piperidine rings is 1. The van der Waals surface area contributed by atoms with E-state index in [0.717, 1.165) is 30.4 Å². The number of likely N-dealkylation sites (tertiary alicyclic amines) is 1. The number of hydrogen-bond donors (Lipinski definition) is 1. The van der Waals surface area contributed by atoms with Crippen LogP contribution in [0.5, 0.6) is 0 Å². The molecule has 1 fully saturated rings. The molecule has 0 aliphatic carbocycles. The molecule has 8 heteroatoms. The minimum absolute atomic E-state index is 0.0330. The minimum atomic E-state index is -0.662. The van der Waals surface area contributed by atoms with Gasteiger partial charge in [-0.3, -0.25) is 14.5 Å². The van der Waals surface area contributed by atoms with E-state index in [0.29, 0.717) is 35.8 Å². The molecule has 0 aromatic heterocycles. The van der Waals surface area contributed by atoms with Gasteiger partial charge in [0, 0.05) is 31.1 Å². The summed E-state index contributed by atoms with van der Waals surface area (Å²) >= 11 is 6.10. The van der Waals surface area contributed by atoms with E-state index in [1.165, 1.54) is 0 Å². The average Bonchev–Trinajstić information content (AvgIpc) is 3.26. The van der Waals surface area contributed by atoms with Crippen molar-refractivity contribution in [2.75, 3.05) is 26.2 Å². The quantitative estimate of drug-likeness (QED) is 0.555. The molecule has 2 aromatic rings. The Morgan fingerprint density at radius 2 is 1.76 bits per heavy atom. The Morgan fingerprint density at radius 1 is 1.05 bits per heavy atom. The number of rotatable bonds is 7. The molecule has 3 aliphatic rings. The van der Waals surface area contributed by atoms with Crippen LogP contribution in [0.4, 0.5) is 4.79 Å². The Kier molecular flexibility index (Phi) is 7.33. The first-order valence-corrected chi connectivity index (χ1v) is 13.2. The summed E-state index contributed by atoms with van der Waals surface area (Å²) in [4.78, 5) is 46.3. The average molecular weight is 519 g/mol. The molecule has 4 amide bonds. The van der Waals surface area contributed by atoms with Crippen LogP contribution in [0.3, 0.4) is 0 Å². The van der Waals surface area contributed by atoms with Crippen molar-refractivity contribution in [3.8, 4) is 0 Å². The van der Waals surface area contributed by atoms with E-state index >= 15 is 0 Å². The van der Waals surface area contributed by atoms with Gasteiger partial charge in [0.2, 0.25) is 5.91 Å². The molecule has 2 aromatic carbocycles. The fourth-order valence-electron chi connectivity index (χ4n) is 5.49. The lowest BCUT2D eigenvalue weighted by molar-refractivity contribution is -0.143. The first-order chi connectivity index (χ1) is 18.0. The van der Waals surface area contributed by atoms with Gasteiger partial charge in [0.05, 0.1) is 23.9 Å². The number of halogens is 1. The fraction of sp³-hybridized carbons (Fsp3) is 0.345. The number of hydrogen-bond acceptors (Lipinski definition) is 3. The molecule has 3 heterocycles. The smallest absolute Gasteiger partial charge is 0.322 e. The van der Waals surface area contributed by atoms with E-state index in [9.17, 15) is 14.4 Å². The number of carbonyl (C=O) groups is 3. The molecule has 5 rings (SSSR count). The highest BCUT2D eigenvalue weighted by Crippen LogP contribution is 2.38. The zero-order valence-corrected chi connectivity index (χ0v) is 21.5. The van der Waals surface area contributed by atoms with Crippen LogP contribution < -0.4 is 5.32 Å². The van der Waals surface area contributed by atoms with E-state index in [-0.39, 0.29) is 30.9 Å². The predicted molar refractivity (Wildman–Crippen MR) is 143 cm³/mol. The van der Waals surface area contributed by atoms with Gasteiger partial charge in [0.25, 0.3) is 5.91 Å². The summed E-state index contributed by atoms with van der Waals surface area (Å²) in [7, 11) is 0. The summed E-state index contributed by atoms with van der Waals surface area (Å²) in [6.07, 6.45) is 5.10. The van der Waals surface area contributed by atoms with Crippen molar-refractivity contribution < 1.29 is 14.4 Å². The molecule has 1 saturated heterocycles. The number of nitrogens with one attached hydrogen (secondary N) is 1. The van der Waals surface area contributed by atoms with E-state index in [4.69, 9.17) is 11.6 Å². The molecule has 37 heavy (non-hydrogen) atoms. The van der Waals surface area contributed by atoms with Crippen molar-refractivity contribution in [3.63, 3.8) is 0 Å². The van der Waals surface area contributed by atoms with Crippen LogP contribution in [0.15, 0.2) is 78.5 Å². The lowest BCUT2D eigenvalue weighted by atomic mass is 9.95. The van der Waals surface area contributed by atoms with Gasteiger partial charge >= 0.3 is 6.03 Å². The van der Waals surface area contributed by atoms with Crippen LogP contribution in [0.2, 0.25) is 5.02 Å². The maximum Gasteiger partial charge on any atom is 0.322 e. The number of benzene rings is 2. The Labute approximate surface area is 222 Å². The Morgan fingerprint density at radius 3 is 2.43 bits per heavy atom. The van der Waals surface area contributed by atoms with E-state index < -0.39 is 12.1 Å². The fourth-order valence-corrected chi connectivity index (χ4v) is 5.61. The Hall–Kier alpha value is -3.58. The minimum Gasteiger partial charge on any atom is -0.341 e. The second kappa shape index (κ2) is 10.8. The maximum atomic E-state index is 14.1. The molecule has 7 nitrogen and oxygen atoms in total. The molecule has 0 unspecified atom stereocenters. The topological polar surface area (TPSA) is 73.0 Å². The molecule has 0 radical (unpaired) electrons. The van der Waals surface area contributed by atoms with Crippen LogP contribution in [0, 0.1) is 0 Å². The normalized spacial score (nSPS) is 20.6. The SMILES string of the molecule is C=CCN1C(=O)N[C@H](c2ccc(Cl)cc2)C2=C1CN([C@H](Cc1ccccc1)C(=O)N1CCCCC1)C2=O. The van der Waals surface area contributed by atoms with E-state index in [1.807, 2.05) is 47.4 Å². The van der Waals surface area contributed by atoms with Crippen molar-refractivity contribution in [3.05, 3.63) is 94.7 Å². The van der Waals surface area contributed by atoms with Crippen molar-refractivity contribution >= 4 is 29.4 Å². The summed E-state index contributed by atoms with van der Waals surface area (Å²) in [6.45, 7) is 5.66. The molecule has 3 aliphatic heterocycles. The first-order valence-electron chi connectivity index (χ1n) is 12.8. The van der Waals surface area contributed by atoms with Crippen LogP contribution in [0.25, 0.3) is 0 Å². The monoisotopic (exact) mass is 518 g/mol. The number of urea groups is 1. The third kappa shape index (κ3) is 5.01. The first kappa shape index (κ1) is 25.1. The maximum absolute atomic E-state index is 14.1. The molecular formula is C29H31ClN4O3. The second-order valence-electron chi connectivity index (χ2n) is 9.72. The lowest BCUT2D eigenvalue weighted by Crippen LogP contribution is -2.52. The van der Waals surface area contributed by atoms with Crippen molar-refractivity contribution in [2.45, 2.75) is 37.8 Å². The van der Waals surface area contributed by atoms with Crippen LogP contribution in [-0.4, -0.2) is 64.8 Å². The zero-order chi connectivity index (χ0) is 25.9. The van der Waals surface area contributed by atoms with Crippen LogP contribution in [0.1, 0.15) is 36.4 Å². The highest BCUT2D eigenvalue weighted by atomic mass is 35.5. The number of carbonyl (C=O) groups excluding carboxylic acids is 3. The van der Waals surface area contributed by atoms with Gasteiger partial charge in [0.1, 0.15) is 6.04 Å². The summed E-state index contributed by atoms with van der Waals surface area (Å²) in [6, 6.07) is 15.3. The van der Waals surface area contributed by atoms with Crippen molar-refractivity contribution in [1.29, 1.82) is 0 Å². The standard InChI is InChI=1S/C29H31ClN4O3/c1-2-15-33-24-19-34(28(36)25(24)26(31-29(33)37)21-11-13-22(30)14-12-21)23(18-20-9-5-3-6-10-20)27(35)32-16-7-4-8-17-32/h2-3,5-6,9-14,23,26H,1,4,7-8,15-19H2,(H,31,37)/t23-,26-/m1/s1. The zero-order valence-electron chi connectivity index (χ0n) is 20.7. The Balaban J connectivity index is 1.52. The third-order valence-electron chi connectivity index (χ3n) is 7.37. The second-order valence-corrected chi connectivity index (χ2v) is 10.2. The molecule has 1 N–H and O–H groups in total. The van der Waals surface area contributed by atoms with Gasteiger partial charge in [-0.25, -0.2) is 4.79 Å². The summed E-state index contributed by atoms with van der Waals surface area (Å²) < 4.78 is 0. The molecule has 192 valence electrons. The Bertz CT molecular complexity index is 1220. The van der Waals surface area contributed by atoms with E-state index in [2.05, 4.69) is 11.9 Å². The van der Waals surface area contributed by atoms with Gasteiger partial charge in [-0.15, -0.1) is 6.58 Å². The van der Waals surface area contributed by atoms with Gasteiger partial charge in [-0.2, -0.15) is 0 Å². The van der Waals surface area contributed by atoms with Gasteiger partial charge in [-0.1, -0.05) is 60.1 Å². The van der Waals surface area contributed by atoms with Gasteiger partial charge in [0.15, 0.2) is 0 Å². The predicted octanol–water partition coefficient (Wildman–Crippen LogP) is 4.31. The molecule has 0 saturated carbocycles. The molecule has 2 atom stereocenters. The summed E-state index contributed by atoms with van der Waals surface area (Å²) in [5.74, 6) is -0.260. The highest BCUT2D eigenvalue weighted by molar-refractivity contribution is 6.30. The number of amides is 4. The van der Waals surface area contributed by atoms with Crippen LogP contribution >= 0.6 is 11.6 Å². The van der Waals surface area contributed by atoms with Crippen molar-refractivity contribution in [1.82, 2.24) is 20.0 Å². The lowest BCUT2D eigenvalue weighted by Gasteiger charge is -2.35. The largest absolute Gasteiger partial charge is 0.341 e. The van der Waals surface area contributed by atoms with Crippen LogP contribution in [-0.2, 0) is 16.0 Å². The van der Waals surface area contributed by atoms with E-state index in [1.54, 1.807) is 28.0 Å².